The molecule has 0 bridgehead atoms. The molecule has 3 heteroatoms. The van der Waals surface area contributed by atoms with Crippen LogP contribution >= 0.6 is 15.9 Å². The normalized spacial score (nSPS) is 22.8. The second kappa shape index (κ2) is 6.17. The Hall–Kier alpha value is -2.26. The fraction of sp³-hybridized carbons (Fsp3) is 0.217. The van der Waals surface area contributed by atoms with Gasteiger partial charge in [-0.15, -0.1) is 0 Å². The molecule has 0 fully saturated rings. The van der Waals surface area contributed by atoms with Gasteiger partial charge in [0.1, 0.15) is 17.6 Å². The summed E-state index contributed by atoms with van der Waals surface area (Å²) in [7, 11) is 1.69. The van der Waals surface area contributed by atoms with Gasteiger partial charge in [0.2, 0.25) is 0 Å². The van der Waals surface area contributed by atoms with E-state index in [1.54, 1.807) is 7.11 Å². The first kappa shape index (κ1) is 16.0. The fourth-order valence-corrected chi connectivity index (χ4v) is 5.06. The molecule has 1 heterocycles. The van der Waals surface area contributed by atoms with Gasteiger partial charge in [-0.25, -0.2) is 0 Å². The first-order chi connectivity index (χ1) is 12.8. The molecule has 3 atom stereocenters. The zero-order chi connectivity index (χ0) is 17.7. The maximum absolute atomic E-state index is 6.53. The van der Waals surface area contributed by atoms with Crippen LogP contribution in [-0.4, -0.2) is 7.11 Å². The van der Waals surface area contributed by atoms with Gasteiger partial charge in [-0.05, 0) is 45.1 Å². The monoisotopic (exact) mass is 406 g/mol. The highest BCUT2D eigenvalue weighted by Crippen LogP contribution is 2.55. The zero-order valence-electron chi connectivity index (χ0n) is 14.5. The number of fused-ring (bicyclic) bond motifs is 4. The van der Waals surface area contributed by atoms with E-state index in [2.05, 4.69) is 76.6 Å². The molecule has 1 aliphatic carbocycles. The number of rotatable bonds is 2. The molecule has 0 radical (unpaired) electrons. The predicted molar refractivity (Wildman–Crippen MR) is 106 cm³/mol. The third-order valence-corrected chi connectivity index (χ3v) is 6.29. The lowest BCUT2D eigenvalue weighted by atomic mass is 9.76. The Morgan fingerprint density at radius 1 is 0.962 bits per heavy atom. The van der Waals surface area contributed by atoms with Gasteiger partial charge in [-0.2, -0.15) is 0 Å². The summed E-state index contributed by atoms with van der Waals surface area (Å²) in [5.74, 6) is 2.44. The highest BCUT2D eigenvalue weighted by molar-refractivity contribution is 9.10. The zero-order valence-corrected chi connectivity index (χ0v) is 16.1. The molecule has 0 unspecified atom stereocenters. The summed E-state index contributed by atoms with van der Waals surface area (Å²) in [6, 6.07) is 23.7. The number of ether oxygens (including phenoxy) is 2. The minimum Gasteiger partial charge on any atom is -0.495 e. The van der Waals surface area contributed by atoms with Gasteiger partial charge in [-0.3, -0.25) is 0 Å². The molecule has 5 rings (SSSR count). The van der Waals surface area contributed by atoms with E-state index in [9.17, 15) is 0 Å². The van der Waals surface area contributed by atoms with Crippen LogP contribution < -0.4 is 9.47 Å². The van der Waals surface area contributed by atoms with Crippen LogP contribution in [0.3, 0.4) is 0 Å². The molecule has 26 heavy (non-hydrogen) atoms. The quantitative estimate of drug-likeness (QED) is 0.527. The summed E-state index contributed by atoms with van der Waals surface area (Å²) in [4.78, 5) is 0. The molecular weight excluding hydrogens is 388 g/mol. The Bertz CT molecular complexity index is 967. The van der Waals surface area contributed by atoms with E-state index in [0.29, 0.717) is 11.8 Å². The highest BCUT2D eigenvalue weighted by atomic mass is 79.9. The van der Waals surface area contributed by atoms with Crippen molar-refractivity contribution in [3.8, 4) is 11.5 Å². The minimum absolute atomic E-state index is 0.0924. The van der Waals surface area contributed by atoms with E-state index in [1.807, 2.05) is 6.07 Å². The van der Waals surface area contributed by atoms with Crippen molar-refractivity contribution >= 4 is 15.9 Å². The van der Waals surface area contributed by atoms with Crippen molar-refractivity contribution in [3.05, 3.63) is 93.5 Å². The van der Waals surface area contributed by atoms with Crippen molar-refractivity contribution in [2.24, 2.45) is 5.92 Å². The van der Waals surface area contributed by atoms with Gasteiger partial charge in [0.25, 0.3) is 0 Å². The van der Waals surface area contributed by atoms with Gasteiger partial charge in [0.05, 0.1) is 11.6 Å². The molecule has 2 nitrogen and oxygen atoms in total. The molecule has 0 aromatic heterocycles. The first-order valence-corrected chi connectivity index (χ1v) is 9.72. The van der Waals surface area contributed by atoms with Crippen molar-refractivity contribution in [1.29, 1.82) is 0 Å². The van der Waals surface area contributed by atoms with E-state index in [4.69, 9.17) is 9.47 Å². The van der Waals surface area contributed by atoms with Crippen molar-refractivity contribution in [1.82, 2.24) is 0 Å². The summed E-state index contributed by atoms with van der Waals surface area (Å²) >= 11 is 3.66. The molecule has 0 amide bonds. The highest BCUT2D eigenvalue weighted by Gasteiger charge is 2.45. The molecule has 3 aromatic rings. The second-order valence-corrected chi connectivity index (χ2v) is 7.87. The molecule has 0 spiro atoms. The molecule has 1 aliphatic heterocycles. The van der Waals surface area contributed by atoms with E-state index in [0.717, 1.165) is 22.4 Å². The molecule has 0 saturated carbocycles. The van der Waals surface area contributed by atoms with Crippen LogP contribution in [0.15, 0.2) is 71.2 Å². The summed E-state index contributed by atoms with van der Waals surface area (Å²) < 4.78 is 13.0. The largest absolute Gasteiger partial charge is 0.495 e. The molecule has 3 aromatic carbocycles. The van der Waals surface area contributed by atoms with Crippen molar-refractivity contribution in [3.63, 3.8) is 0 Å². The van der Waals surface area contributed by atoms with Gasteiger partial charge in [-0.1, -0.05) is 54.6 Å². The summed E-state index contributed by atoms with van der Waals surface area (Å²) in [5, 5.41) is 0. The van der Waals surface area contributed by atoms with E-state index in [-0.39, 0.29) is 6.10 Å². The van der Waals surface area contributed by atoms with Gasteiger partial charge >= 0.3 is 0 Å². The molecule has 0 saturated heterocycles. The third kappa shape index (κ3) is 2.38. The van der Waals surface area contributed by atoms with Crippen molar-refractivity contribution in [2.75, 3.05) is 7.11 Å². The Labute approximate surface area is 161 Å². The van der Waals surface area contributed by atoms with Crippen molar-refractivity contribution < 1.29 is 9.47 Å². The van der Waals surface area contributed by atoms with Gasteiger partial charge in [0.15, 0.2) is 0 Å². The Balaban J connectivity index is 1.71. The predicted octanol–water partition coefficient (Wildman–Crippen LogP) is 5.90. The first-order valence-electron chi connectivity index (χ1n) is 8.93. The van der Waals surface area contributed by atoms with Crippen LogP contribution in [0.1, 0.15) is 34.3 Å². The average molecular weight is 407 g/mol. The van der Waals surface area contributed by atoms with Crippen LogP contribution in [0.4, 0.5) is 0 Å². The average Bonchev–Trinajstić information content (AvgIpc) is 3.04. The van der Waals surface area contributed by atoms with Crippen LogP contribution in [0.2, 0.25) is 0 Å². The van der Waals surface area contributed by atoms with Crippen LogP contribution in [0.5, 0.6) is 11.5 Å². The number of methoxy groups -OCH3 is 1. The Morgan fingerprint density at radius 2 is 1.73 bits per heavy atom. The van der Waals surface area contributed by atoms with Crippen LogP contribution in [-0.2, 0) is 6.42 Å². The Morgan fingerprint density at radius 3 is 2.54 bits per heavy atom. The maximum Gasteiger partial charge on any atom is 0.136 e. The third-order valence-electron chi connectivity index (χ3n) is 5.67. The lowest BCUT2D eigenvalue weighted by molar-refractivity contribution is 0.115. The maximum atomic E-state index is 6.53. The van der Waals surface area contributed by atoms with Gasteiger partial charge in [0, 0.05) is 23.5 Å². The number of hydrogen-bond acceptors (Lipinski definition) is 2. The van der Waals surface area contributed by atoms with Gasteiger partial charge < -0.3 is 9.47 Å². The standard InChI is InChI=1S/C23H19BrO2/c1-25-21-13-20-17(12-19(21)24)22(14-7-3-2-4-8-14)18-11-15-9-5-6-10-16(15)23(18)26-20/h2-10,12-13,18,22-23H,11H2,1H3/t18-,22-,23-/m0/s1. The number of hydrogen-bond donors (Lipinski definition) is 0. The molecule has 130 valence electrons. The topological polar surface area (TPSA) is 18.5 Å². The summed E-state index contributed by atoms with van der Waals surface area (Å²) in [6.07, 6.45) is 1.14. The van der Waals surface area contributed by atoms with E-state index in [1.165, 1.54) is 22.3 Å². The molecular formula is C23H19BrO2. The second-order valence-electron chi connectivity index (χ2n) is 7.02. The van der Waals surface area contributed by atoms with E-state index >= 15 is 0 Å². The van der Waals surface area contributed by atoms with Crippen molar-refractivity contribution in [2.45, 2.75) is 18.4 Å². The SMILES string of the molecule is COc1cc2c(cc1Br)[C@H](c1ccccc1)[C@@H]1Cc3ccccc3[C@@H]1O2. The Kier molecular flexibility index (Phi) is 3.79. The summed E-state index contributed by atoms with van der Waals surface area (Å²) in [6.45, 7) is 0. The smallest absolute Gasteiger partial charge is 0.136 e. The molecule has 0 N–H and O–H groups in total. The minimum atomic E-state index is 0.0924. The number of benzene rings is 3. The molecule has 2 aliphatic rings. The lowest BCUT2D eigenvalue weighted by Crippen LogP contribution is -2.28. The van der Waals surface area contributed by atoms with Crippen LogP contribution in [0.25, 0.3) is 0 Å². The fourth-order valence-electron chi connectivity index (χ4n) is 4.54. The van der Waals surface area contributed by atoms with E-state index < -0.39 is 0 Å². The number of halogens is 1. The van der Waals surface area contributed by atoms with Crippen LogP contribution in [0, 0.1) is 5.92 Å². The summed E-state index contributed by atoms with van der Waals surface area (Å²) in [5.41, 5.74) is 5.31. The lowest BCUT2D eigenvalue weighted by Gasteiger charge is -2.37.